The second-order valence-corrected chi connectivity index (χ2v) is 6.31. The van der Waals surface area contributed by atoms with Crippen LogP contribution in [-0.4, -0.2) is 30.2 Å². The van der Waals surface area contributed by atoms with Crippen molar-refractivity contribution in [2.24, 2.45) is 5.92 Å². The Morgan fingerprint density at radius 1 is 1.09 bits per heavy atom. The Balaban J connectivity index is 1.52. The number of hydrogen-bond acceptors (Lipinski definition) is 4. The van der Waals surface area contributed by atoms with Crippen molar-refractivity contribution in [3.05, 3.63) is 36.7 Å². The summed E-state index contributed by atoms with van der Waals surface area (Å²) in [6.45, 7) is 0. The van der Waals surface area contributed by atoms with E-state index in [1.165, 1.54) is 25.7 Å². The zero-order valence-electron chi connectivity index (χ0n) is 12.1. The molecule has 2 aliphatic rings. The third-order valence-corrected chi connectivity index (χ3v) is 4.97. The maximum absolute atomic E-state index is 4.61. The van der Waals surface area contributed by atoms with E-state index in [1.54, 1.807) is 0 Å². The molecule has 0 atom stereocenters. The topological polar surface area (TPSA) is 72.3 Å². The van der Waals surface area contributed by atoms with Crippen LogP contribution in [-0.2, 0) is 5.54 Å². The summed E-state index contributed by atoms with van der Waals surface area (Å²) in [4.78, 5) is 4.61. The maximum Gasteiger partial charge on any atom is 0.204 e. The van der Waals surface area contributed by atoms with Gasteiger partial charge in [0.1, 0.15) is 5.82 Å². The number of H-pyrrole nitrogens is 1. The normalized spacial score (nSPS) is 19.3. The molecule has 3 aromatic rings. The fourth-order valence-corrected chi connectivity index (χ4v) is 3.52. The minimum Gasteiger partial charge on any atom is -0.325 e. The van der Waals surface area contributed by atoms with Gasteiger partial charge in [-0.3, -0.25) is 0 Å². The Labute approximate surface area is 127 Å². The van der Waals surface area contributed by atoms with Crippen LogP contribution in [0.25, 0.3) is 22.8 Å². The van der Waals surface area contributed by atoms with E-state index in [4.69, 9.17) is 0 Å². The van der Waals surface area contributed by atoms with Gasteiger partial charge in [0.05, 0.1) is 0 Å². The molecule has 6 heteroatoms. The Morgan fingerprint density at radius 3 is 2.50 bits per heavy atom. The quantitative estimate of drug-likeness (QED) is 0.802. The Hall–Kier alpha value is -2.50. The number of imidazole rings is 1. The molecule has 0 radical (unpaired) electrons. The molecule has 2 aliphatic carbocycles. The van der Waals surface area contributed by atoms with Crippen molar-refractivity contribution < 1.29 is 0 Å². The molecule has 2 fully saturated rings. The van der Waals surface area contributed by atoms with Crippen molar-refractivity contribution in [3.8, 4) is 22.8 Å². The monoisotopic (exact) mass is 292 g/mol. The lowest BCUT2D eigenvalue weighted by Crippen LogP contribution is -2.19. The van der Waals surface area contributed by atoms with E-state index in [2.05, 4.69) is 48.5 Å². The van der Waals surface area contributed by atoms with Gasteiger partial charge in [-0.15, -0.1) is 10.2 Å². The number of aromatic nitrogens is 6. The van der Waals surface area contributed by atoms with Crippen LogP contribution in [0.2, 0.25) is 0 Å². The molecule has 0 amide bonds. The summed E-state index contributed by atoms with van der Waals surface area (Å²) in [5, 5.41) is 14.1. The fraction of sp³-hybridized carbons (Fsp3) is 0.375. The lowest BCUT2D eigenvalue weighted by Gasteiger charge is -2.19. The molecule has 22 heavy (non-hydrogen) atoms. The second kappa shape index (κ2) is 4.25. The molecule has 1 aromatic carbocycles. The molecule has 0 saturated heterocycles. The smallest absolute Gasteiger partial charge is 0.204 e. The largest absolute Gasteiger partial charge is 0.325 e. The summed E-state index contributed by atoms with van der Waals surface area (Å²) in [6, 6.07) is 8.23. The van der Waals surface area contributed by atoms with Gasteiger partial charge >= 0.3 is 0 Å². The SMILES string of the molecule is c1cn(C2(C3CC3)CC2)c(-c2ccc(-c3nn[nH]n3)cc2)n1. The molecule has 110 valence electrons. The van der Waals surface area contributed by atoms with E-state index in [0.717, 1.165) is 22.9 Å². The highest BCUT2D eigenvalue weighted by molar-refractivity contribution is 5.63. The van der Waals surface area contributed by atoms with E-state index in [1.807, 2.05) is 18.3 Å². The van der Waals surface area contributed by atoms with Gasteiger partial charge in [-0.2, -0.15) is 5.21 Å². The van der Waals surface area contributed by atoms with Crippen molar-refractivity contribution in [2.45, 2.75) is 31.2 Å². The minimum absolute atomic E-state index is 0.359. The van der Waals surface area contributed by atoms with E-state index >= 15 is 0 Å². The first-order chi connectivity index (χ1) is 10.9. The van der Waals surface area contributed by atoms with Crippen LogP contribution in [0.4, 0.5) is 0 Å². The number of nitrogens with zero attached hydrogens (tertiary/aromatic N) is 5. The molecular weight excluding hydrogens is 276 g/mol. The summed E-state index contributed by atoms with van der Waals surface area (Å²) in [7, 11) is 0. The first-order valence-electron chi connectivity index (χ1n) is 7.75. The molecule has 0 unspecified atom stereocenters. The van der Waals surface area contributed by atoms with Gasteiger partial charge in [0.2, 0.25) is 5.82 Å². The number of aromatic amines is 1. The van der Waals surface area contributed by atoms with E-state index in [0.29, 0.717) is 11.4 Å². The van der Waals surface area contributed by atoms with E-state index < -0.39 is 0 Å². The van der Waals surface area contributed by atoms with Gasteiger partial charge in [0.25, 0.3) is 0 Å². The molecule has 0 bridgehead atoms. The van der Waals surface area contributed by atoms with Crippen molar-refractivity contribution in [1.82, 2.24) is 30.2 Å². The predicted octanol–water partition coefficient (Wildman–Crippen LogP) is 2.63. The highest BCUT2D eigenvalue weighted by Gasteiger charge is 2.55. The van der Waals surface area contributed by atoms with Gasteiger partial charge in [0, 0.05) is 29.1 Å². The average molecular weight is 292 g/mol. The van der Waals surface area contributed by atoms with Gasteiger partial charge in [-0.25, -0.2) is 4.98 Å². The molecule has 5 rings (SSSR count). The Morgan fingerprint density at radius 2 is 1.86 bits per heavy atom. The molecule has 0 spiro atoms. The van der Waals surface area contributed by atoms with Gasteiger partial charge < -0.3 is 4.57 Å². The van der Waals surface area contributed by atoms with E-state index in [9.17, 15) is 0 Å². The Kier molecular flexibility index (Phi) is 2.34. The summed E-state index contributed by atoms with van der Waals surface area (Å²) in [5.74, 6) is 2.55. The standard InChI is InChI=1S/C16H16N6/c1-3-12(4-2-11(1)14-18-20-21-19-14)15-17-9-10-22(15)16(7-8-16)13-5-6-13/h1-4,9-10,13H,5-8H2,(H,18,19,20,21). The summed E-state index contributed by atoms with van der Waals surface area (Å²) < 4.78 is 2.41. The summed E-state index contributed by atoms with van der Waals surface area (Å²) in [6.07, 6.45) is 9.39. The molecule has 1 N–H and O–H groups in total. The van der Waals surface area contributed by atoms with Crippen molar-refractivity contribution in [3.63, 3.8) is 0 Å². The molecular formula is C16H16N6. The maximum atomic E-state index is 4.61. The van der Waals surface area contributed by atoms with Crippen LogP contribution < -0.4 is 0 Å². The zero-order chi connectivity index (χ0) is 14.6. The van der Waals surface area contributed by atoms with Crippen LogP contribution in [0, 0.1) is 5.92 Å². The summed E-state index contributed by atoms with van der Waals surface area (Å²) >= 11 is 0. The van der Waals surface area contributed by atoms with Gasteiger partial charge in [0.15, 0.2) is 0 Å². The van der Waals surface area contributed by atoms with Crippen LogP contribution in [0.15, 0.2) is 36.7 Å². The summed E-state index contributed by atoms with van der Waals surface area (Å²) in [5.41, 5.74) is 2.46. The van der Waals surface area contributed by atoms with E-state index in [-0.39, 0.29) is 0 Å². The molecule has 6 nitrogen and oxygen atoms in total. The first-order valence-corrected chi connectivity index (χ1v) is 7.75. The van der Waals surface area contributed by atoms with Crippen LogP contribution in [0.5, 0.6) is 0 Å². The third kappa shape index (κ3) is 1.73. The number of tetrazole rings is 1. The van der Waals surface area contributed by atoms with Crippen LogP contribution in [0.3, 0.4) is 0 Å². The van der Waals surface area contributed by atoms with Gasteiger partial charge in [-0.05, 0) is 36.8 Å². The fourth-order valence-electron chi connectivity index (χ4n) is 3.52. The number of hydrogen-bond donors (Lipinski definition) is 1. The first kappa shape index (κ1) is 12.1. The van der Waals surface area contributed by atoms with Crippen LogP contribution >= 0.6 is 0 Å². The number of nitrogens with one attached hydrogen (secondary N) is 1. The molecule has 2 heterocycles. The highest BCUT2D eigenvalue weighted by Crippen LogP contribution is 2.60. The average Bonchev–Trinajstić information content (AvgIpc) is 3.45. The van der Waals surface area contributed by atoms with Gasteiger partial charge in [-0.1, -0.05) is 24.3 Å². The number of benzene rings is 1. The molecule has 0 aliphatic heterocycles. The lowest BCUT2D eigenvalue weighted by atomic mass is 10.1. The minimum atomic E-state index is 0.359. The van der Waals surface area contributed by atoms with Crippen molar-refractivity contribution >= 4 is 0 Å². The zero-order valence-corrected chi connectivity index (χ0v) is 12.1. The van der Waals surface area contributed by atoms with Crippen LogP contribution in [0.1, 0.15) is 25.7 Å². The highest BCUT2D eigenvalue weighted by atomic mass is 15.5. The second-order valence-electron chi connectivity index (χ2n) is 6.31. The third-order valence-electron chi connectivity index (χ3n) is 4.97. The predicted molar refractivity (Wildman–Crippen MR) is 80.8 cm³/mol. The molecule has 2 saturated carbocycles. The molecule has 2 aromatic heterocycles. The lowest BCUT2D eigenvalue weighted by molar-refractivity contribution is 0.425. The van der Waals surface area contributed by atoms with Crippen molar-refractivity contribution in [2.75, 3.05) is 0 Å². The Bertz CT molecular complexity index is 794. The number of rotatable bonds is 4. The van der Waals surface area contributed by atoms with Crippen molar-refractivity contribution in [1.29, 1.82) is 0 Å².